The third-order valence-corrected chi connectivity index (χ3v) is 7.58. The molecule has 0 fully saturated rings. The van der Waals surface area contributed by atoms with Crippen LogP contribution in [0.15, 0.2) is 0 Å². The van der Waals surface area contributed by atoms with Crippen LogP contribution in [0.2, 0.25) is 18.1 Å². The molecule has 0 aromatic rings. The first-order valence-corrected chi connectivity index (χ1v) is 8.33. The number of aliphatic hydroxyl groups excluding tert-OH is 1. The third kappa shape index (κ3) is 4.58. The molecule has 86 valence electrons. The fourth-order valence-corrected chi connectivity index (χ4v) is 2.66. The maximum atomic E-state index is 9.26. The summed E-state index contributed by atoms with van der Waals surface area (Å²) in [5.74, 6) is 0. The van der Waals surface area contributed by atoms with E-state index in [0.717, 1.165) is 6.42 Å². The second-order valence-electron chi connectivity index (χ2n) is 5.77. The van der Waals surface area contributed by atoms with Crippen LogP contribution in [-0.4, -0.2) is 25.6 Å². The van der Waals surface area contributed by atoms with Crippen molar-refractivity contribution in [3.05, 3.63) is 0 Å². The van der Waals surface area contributed by atoms with Crippen LogP contribution in [0.4, 0.5) is 0 Å². The first-order chi connectivity index (χ1) is 6.06. The van der Waals surface area contributed by atoms with Crippen molar-refractivity contribution in [3.63, 3.8) is 0 Å². The van der Waals surface area contributed by atoms with Gasteiger partial charge in [0.05, 0.1) is 6.10 Å². The summed E-state index contributed by atoms with van der Waals surface area (Å²) < 4.78 is 6.09. The van der Waals surface area contributed by atoms with Crippen LogP contribution in [0.25, 0.3) is 0 Å². The predicted molar refractivity (Wildman–Crippen MR) is 64.0 cm³/mol. The molecule has 0 aliphatic heterocycles. The Morgan fingerprint density at radius 2 is 1.64 bits per heavy atom. The Morgan fingerprint density at radius 1 is 1.21 bits per heavy atom. The largest absolute Gasteiger partial charge is 0.414 e. The second kappa shape index (κ2) is 4.77. The van der Waals surface area contributed by atoms with Crippen molar-refractivity contribution in [3.8, 4) is 0 Å². The van der Waals surface area contributed by atoms with Crippen molar-refractivity contribution in [2.45, 2.75) is 71.4 Å². The Kier molecular flexibility index (Phi) is 4.82. The van der Waals surface area contributed by atoms with Crippen molar-refractivity contribution < 1.29 is 9.53 Å². The van der Waals surface area contributed by atoms with E-state index in [1.54, 1.807) is 0 Å². The Hall–Kier alpha value is 0.137. The van der Waals surface area contributed by atoms with E-state index in [-0.39, 0.29) is 17.2 Å². The van der Waals surface area contributed by atoms with E-state index < -0.39 is 8.32 Å². The summed E-state index contributed by atoms with van der Waals surface area (Å²) in [6.45, 7) is 15.0. The van der Waals surface area contributed by atoms with Gasteiger partial charge in [-0.2, -0.15) is 0 Å². The summed E-state index contributed by atoms with van der Waals surface area (Å²) in [6, 6.07) is 0. The van der Waals surface area contributed by atoms with Crippen LogP contribution in [0.3, 0.4) is 0 Å². The van der Waals surface area contributed by atoms with E-state index in [0.29, 0.717) is 0 Å². The van der Waals surface area contributed by atoms with Gasteiger partial charge in [-0.15, -0.1) is 0 Å². The van der Waals surface area contributed by atoms with Crippen LogP contribution in [-0.2, 0) is 4.43 Å². The molecular weight excluding hydrogens is 192 g/mol. The van der Waals surface area contributed by atoms with Crippen LogP contribution in [0, 0.1) is 0 Å². The molecule has 0 aromatic carbocycles. The zero-order chi connectivity index (χ0) is 11.6. The minimum absolute atomic E-state index is 0.163. The molecule has 0 heterocycles. The number of aliphatic hydroxyl groups is 1. The number of hydrogen-bond acceptors (Lipinski definition) is 2. The maximum Gasteiger partial charge on any atom is 0.192 e. The average Bonchev–Trinajstić information content (AvgIpc) is 1.79. The molecule has 0 aliphatic rings. The van der Waals surface area contributed by atoms with Crippen molar-refractivity contribution in [1.82, 2.24) is 0 Å². The Balaban J connectivity index is 4.22. The maximum absolute atomic E-state index is 9.26. The van der Waals surface area contributed by atoms with Gasteiger partial charge in [-0.3, -0.25) is 0 Å². The van der Waals surface area contributed by atoms with E-state index in [9.17, 15) is 5.11 Å². The Labute approximate surface area is 89.8 Å². The van der Waals surface area contributed by atoms with E-state index >= 15 is 0 Å². The van der Waals surface area contributed by atoms with E-state index in [4.69, 9.17) is 4.43 Å². The lowest BCUT2D eigenvalue weighted by atomic mass is 10.2. The summed E-state index contributed by atoms with van der Waals surface area (Å²) >= 11 is 0. The minimum atomic E-state index is -1.65. The van der Waals surface area contributed by atoms with Crippen LogP contribution >= 0.6 is 0 Å². The molecule has 2 nitrogen and oxygen atoms in total. The van der Waals surface area contributed by atoms with Crippen molar-refractivity contribution in [2.75, 3.05) is 0 Å². The minimum Gasteiger partial charge on any atom is -0.414 e. The zero-order valence-corrected chi connectivity index (χ0v) is 11.7. The molecule has 0 amide bonds. The van der Waals surface area contributed by atoms with Gasteiger partial charge in [0.15, 0.2) is 8.32 Å². The van der Waals surface area contributed by atoms with Crippen LogP contribution in [0.1, 0.15) is 41.0 Å². The summed E-state index contributed by atoms with van der Waals surface area (Å²) in [6.07, 6.45) is 0.623. The molecule has 0 saturated carbocycles. The standard InChI is InChI=1S/C11H26O2Si/c1-9(12)8-10(2)13-14(6,7)11(3,4)5/h9-10,12H,8H2,1-7H3/t9-,10+/m0/s1. The molecular formula is C11H26O2Si. The van der Waals surface area contributed by atoms with Gasteiger partial charge >= 0.3 is 0 Å². The lowest BCUT2D eigenvalue weighted by molar-refractivity contribution is 0.107. The smallest absolute Gasteiger partial charge is 0.192 e. The molecule has 0 saturated heterocycles. The molecule has 0 spiro atoms. The lowest BCUT2D eigenvalue weighted by Gasteiger charge is -2.38. The molecule has 0 rings (SSSR count). The normalized spacial score (nSPS) is 18.0. The molecule has 0 unspecified atom stereocenters. The lowest BCUT2D eigenvalue weighted by Crippen LogP contribution is -2.43. The first-order valence-electron chi connectivity index (χ1n) is 5.42. The molecule has 14 heavy (non-hydrogen) atoms. The summed E-state index contributed by atoms with van der Waals surface area (Å²) in [5.41, 5.74) is 0. The third-order valence-electron chi connectivity index (χ3n) is 2.98. The zero-order valence-electron chi connectivity index (χ0n) is 10.7. The fourth-order valence-electron chi connectivity index (χ4n) is 1.21. The number of rotatable bonds is 4. The highest BCUT2D eigenvalue weighted by molar-refractivity contribution is 6.74. The Bertz CT molecular complexity index is 171. The monoisotopic (exact) mass is 218 g/mol. The first kappa shape index (κ1) is 14.1. The van der Waals surface area contributed by atoms with Gasteiger partial charge in [-0.05, 0) is 38.4 Å². The molecule has 2 atom stereocenters. The van der Waals surface area contributed by atoms with Crippen LogP contribution < -0.4 is 0 Å². The second-order valence-corrected chi connectivity index (χ2v) is 10.5. The summed E-state index contributed by atoms with van der Waals surface area (Å²) in [4.78, 5) is 0. The van der Waals surface area contributed by atoms with Gasteiger partial charge in [0.1, 0.15) is 0 Å². The Morgan fingerprint density at radius 3 is 1.93 bits per heavy atom. The van der Waals surface area contributed by atoms with E-state index in [2.05, 4.69) is 33.9 Å². The molecule has 0 aliphatic carbocycles. The quantitative estimate of drug-likeness (QED) is 0.734. The van der Waals surface area contributed by atoms with Crippen molar-refractivity contribution >= 4 is 8.32 Å². The molecule has 0 aromatic heterocycles. The topological polar surface area (TPSA) is 29.5 Å². The van der Waals surface area contributed by atoms with Crippen molar-refractivity contribution in [2.24, 2.45) is 0 Å². The van der Waals surface area contributed by atoms with Crippen molar-refractivity contribution in [1.29, 1.82) is 0 Å². The molecule has 0 bridgehead atoms. The highest BCUT2D eigenvalue weighted by Crippen LogP contribution is 2.37. The average molecular weight is 218 g/mol. The fraction of sp³-hybridized carbons (Fsp3) is 1.00. The van der Waals surface area contributed by atoms with Gasteiger partial charge in [-0.25, -0.2) is 0 Å². The SMILES string of the molecule is C[C@H](O)C[C@@H](C)O[Si](C)(C)C(C)(C)C. The van der Waals surface area contributed by atoms with Gasteiger partial charge in [0.25, 0.3) is 0 Å². The molecule has 0 radical (unpaired) electrons. The molecule has 3 heteroatoms. The summed E-state index contributed by atoms with van der Waals surface area (Å²) in [5, 5.41) is 9.51. The summed E-state index contributed by atoms with van der Waals surface area (Å²) in [7, 11) is -1.65. The van der Waals surface area contributed by atoms with Gasteiger partial charge in [-0.1, -0.05) is 20.8 Å². The highest BCUT2D eigenvalue weighted by atomic mass is 28.4. The van der Waals surface area contributed by atoms with Gasteiger partial charge < -0.3 is 9.53 Å². The van der Waals surface area contributed by atoms with E-state index in [1.165, 1.54) is 0 Å². The van der Waals surface area contributed by atoms with Gasteiger partial charge in [0.2, 0.25) is 0 Å². The number of hydrogen-bond donors (Lipinski definition) is 1. The van der Waals surface area contributed by atoms with Crippen LogP contribution in [0.5, 0.6) is 0 Å². The van der Waals surface area contributed by atoms with Gasteiger partial charge in [0, 0.05) is 6.10 Å². The highest BCUT2D eigenvalue weighted by Gasteiger charge is 2.38. The van der Waals surface area contributed by atoms with E-state index in [1.807, 2.05) is 13.8 Å². The molecule has 1 N–H and O–H groups in total. The predicted octanol–water partition coefficient (Wildman–Crippen LogP) is 3.17.